The Morgan fingerprint density at radius 1 is 1.50 bits per heavy atom. The molecule has 0 atom stereocenters. The Labute approximate surface area is 61.6 Å². The summed E-state index contributed by atoms with van der Waals surface area (Å²) in [6.45, 7) is 0. The van der Waals surface area contributed by atoms with Crippen LogP contribution in [0.15, 0.2) is 23.0 Å². The Kier molecular flexibility index (Phi) is 1.11. The number of pyridine rings is 1. The van der Waals surface area contributed by atoms with Gasteiger partial charge in [-0.05, 0) is 0 Å². The van der Waals surface area contributed by atoms with E-state index in [0.717, 1.165) is 5.39 Å². The summed E-state index contributed by atoms with van der Waals surface area (Å²) in [6, 6.07) is 1.72. The summed E-state index contributed by atoms with van der Waals surface area (Å²) in [7, 11) is 0. The minimum Gasteiger partial charge on any atom is -0.355 e. The molecule has 0 saturated heterocycles. The monoisotopic (exact) mass is 154 g/mol. The van der Waals surface area contributed by atoms with Gasteiger partial charge in [0.2, 0.25) is 0 Å². The lowest BCUT2D eigenvalue weighted by Gasteiger charge is -1.80. The molecular weight excluding hydrogens is 152 g/mol. The quantitative estimate of drug-likeness (QED) is 0.582. The van der Waals surface area contributed by atoms with Crippen molar-refractivity contribution in [2.45, 2.75) is 0 Å². The summed E-state index contributed by atoms with van der Waals surface area (Å²) in [5.74, 6) is 0. The van der Waals surface area contributed by atoms with Crippen LogP contribution in [0.5, 0.6) is 0 Å². The average Bonchev–Trinajstić information content (AvgIpc) is 2.34. The van der Waals surface area contributed by atoms with Crippen LogP contribution in [0.1, 0.15) is 0 Å². The summed E-state index contributed by atoms with van der Waals surface area (Å²) in [5.41, 5.74) is 0.667. The number of nitrogens with zero attached hydrogens (tertiary/aromatic N) is 2. The molecule has 0 saturated carbocycles. The molecule has 0 radical (unpaired) electrons. The van der Waals surface area contributed by atoms with Crippen LogP contribution in [0.25, 0.3) is 11.0 Å². The Morgan fingerprint density at radius 3 is 3.20 bits per heavy atom. The van der Waals surface area contributed by atoms with Gasteiger partial charge in [-0.1, -0.05) is 16.8 Å². The van der Waals surface area contributed by atoms with Crippen LogP contribution in [-0.2, 0) is 0 Å². The topological polar surface area (TPSA) is 38.9 Å². The van der Waals surface area contributed by atoms with Gasteiger partial charge >= 0.3 is 0 Å². The summed E-state index contributed by atoms with van der Waals surface area (Å²) < 4.78 is 4.83. The summed E-state index contributed by atoms with van der Waals surface area (Å²) in [6.07, 6.45) is 3.25. The second-order valence-electron chi connectivity index (χ2n) is 1.85. The predicted molar refractivity (Wildman–Crippen MR) is 36.8 cm³/mol. The maximum atomic E-state index is 5.63. The fourth-order valence-corrected chi connectivity index (χ4v) is 0.931. The lowest BCUT2D eigenvalue weighted by molar-refractivity contribution is 0.457. The number of hydrogen-bond acceptors (Lipinski definition) is 3. The molecule has 0 aliphatic heterocycles. The third kappa shape index (κ3) is 0.675. The third-order valence-electron chi connectivity index (χ3n) is 1.23. The SMILES string of the molecule is Clc1noc2ccncc12. The molecule has 10 heavy (non-hydrogen) atoms. The van der Waals surface area contributed by atoms with Gasteiger partial charge in [0.1, 0.15) is 0 Å². The van der Waals surface area contributed by atoms with Crippen LogP contribution in [0, 0.1) is 0 Å². The lowest BCUT2D eigenvalue weighted by Crippen LogP contribution is -1.67. The van der Waals surface area contributed by atoms with Crippen molar-refractivity contribution in [1.82, 2.24) is 10.1 Å². The Morgan fingerprint density at radius 2 is 2.40 bits per heavy atom. The van der Waals surface area contributed by atoms with E-state index in [1.807, 2.05) is 0 Å². The van der Waals surface area contributed by atoms with Gasteiger partial charge in [-0.3, -0.25) is 4.98 Å². The summed E-state index contributed by atoms with van der Waals surface area (Å²) >= 11 is 5.63. The molecule has 2 aromatic heterocycles. The zero-order valence-corrected chi connectivity index (χ0v) is 5.67. The average molecular weight is 155 g/mol. The highest BCUT2D eigenvalue weighted by molar-refractivity contribution is 6.33. The van der Waals surface area contributed by atoms with E-state index in [4.69, 9.17) is 16.1 Å². The molecule has 0 spiro atoms. The maximum absolute atomic E-state index is 5.63. The van der Waals surface area contributed by atoms with E-state index < -0.39 is 0 Å². The van der Waals surface area contributed by atoms with Gasteiger partial charge in [0.15, 0.2) is 10.7 Å². The number of halogens is 1. The van der Waals surface area contributed by atoms with Crippen molar-refractivity contribution in [2.24, 2.45) is 0 Å². The molecule has 50 valence electrons. The minimum absolute atomic E-state index is 0.364. The van der Waals surface area contributed by atoms with Crippen molar-refractivity contribution < 1.29 is 4.52 Å². The molecular formula is C6H3ClN2O. The standard InChI is InChI=1S/C6H3ClN2O/c7-6-4-3-8-2-1-5(4)10-9-6/h1-3H. The van der Waals surface area contributed by atoms with Crippen LogP contribution in [0.4, 0.5) is 0 Å². The smallest absolute Gasteiger partial charge is 0.181 e. The zero-order valence-electron chi connectivity index (χ0n) is 4.91. The van der Waals surface area contributed by atoms with E-state index in [-0.39, 0.29) is 0 Å². The van der Waals surface area contributed by atoms with E-state index in [0.29, 0.717) is 10.7 Å². The fourth-order valence-electron chi connectivity index (χ4n) is 0.755. The molecule has 0 amide bonds. The first kappa shape index (κ1) is 5.68. The van der Waals surface area contributed by atoms with Crippen molar-refractivity contribution in [2.75, 3.05) is 0 Å². The third-order valence-corrected chi connectivity index (χ3v) is 1.50. The van der Waals surface area contributed by atoms with Crippen molar-refractivity contribution in [3.8, 4) is 0 Å². The normalized spacial score (nSPS) is 10.5. The predicted octanol–water partition coefficient (Wildman–Crippen LogP) is 1.88. The molecule has 0 aromatic carbocycles. The first-order chi connectivity index (χ1) is 4.88. The number of aromatic nitrogens is 2. The molecule has 0 aliphatic carbocycles. The molecule has 2 rings (SSSR count). The molecule has 3 nitrogen and oxygen atoms in total. The molecule has 4 heteroatoms. The second kappa shape index (κ2) is 1.95. The van der Waals surface area contributed by atoms with Crippen LogP contribution in [0.2, 0.25) is 5.15 Å². The minimum atomic E-state index is 0.364. The number of fused-ring (bicyclic) bond motifs is 1. The zero-order chi connectivity index (χ0) is 6.97. The first-order valence-corrected chi connectivity index (χ1v) is 3.10. The van der Waals surface area contributed by atoms with Crippen LogP contribution < -0.4 is 0 Å². The lowest BCUT2D eigenvalue weighted by atomic mass is 10.4. The molecule has 2 aromatic rings. The van der Waals surface area contributed by atoms with E-state index in [1.165, 1.54) is 0 Å². The first-order valence-electron chi connectivity index (χ1n) is 2.73. The Bertz CT molecular complexity index is 357. The summed E-state index contributed by atoms with van der Waals surface area (Å²) in [5, 5.41) is 4.66. The fraction of sp³-hybridized carbons (Fsp3) is 0. The van der Waals surface area contributed by atoms with Gasteiger partial charge in [0, 0.05) is 18.5 Å². The van der Waals surface area contributed by atoms with Gasteiger partial charge in [0.25, 0.3) is 0 Å². The van der Waals surface area contributed by atoms with E-state index in [9.17, 15) is 0 Å². The molecule has 0 unspecified atom stereocenters. The van der Waals surface area contributed by atoms with Gasteiger partial charge < -0.3 is 4.52 Å². The van der Waals surface area contributed by atoms with Crippen LogP contribution in [0.3, 0.4) is 0 Å². The van der Waals surface area contributed by atoms with Crippen molar-refractivity contribution in [1.29, 1.82) is 0 Å². The molecule has 0 aliphatic rings. The van der Waals surface area contributed by atoms with Gasteiger partial charge in [0.05, 0.1) is 5.39 Å². The highest BCUT2D eigenvalue weighted by Crippen LogP contribution is 2.19. The number of rotatable bonds is 0. The maximum Gasteiger partial charge on any atom is 0.181 e. The van der Waals surface area contributed by atoms with Crippen LogP contribution in [-0.4, -0.2) is 10.1 Å². The van der Waals surface area contributed by atoms with E-state index >= 15 is 0 Å². The molecule has 2 heterocycles. The van der Waals surface area contributed by atoms with Crippen molar-refractivity contribution in [3.05, 3.63) is 23.6 Å². The second-order valence-corrected chi connectivity index (χ2v) is 2.20. The van der Waals surface area contributed by atoms with Crippen molar-refractivity contribution in [3.63, 3.8) is 0 Å². The number of hydrogen-bond donors (Lipinski definition) is 0. The highest BCUT2D eigenvalue weighted by Gasteiger charge is 2.02. The van der Waals surface area contributed by atoms with Crippen LogP contribution >= 0.6 is 11.6 Å². The molecule has 0 N–H and O–H groups in total. The van der Waals surface area contributed by atoms with Crippen molar-refractivity contribution >= 4 is 22.6 Å². The van der Waals surface area contributed by atoms with Gasteiger partial charge in [-0.15, -0.1) is 0 Å². The largest absolute Gasteiger partial charge is 0.355 e. The Hall–Kier alpha value is -1.09. The molecule has 0 bridgehead atoms. The highest BCUT2D eigenvalue weighted by atomic mass is 35.5. The van der Waals surface area contributed by atoms with E-state index in [1.54, 1.807) is 18.5 Å². The van der Waals surface area contributed by atoms with Gasteiger partial charge in [-0.2, -0.15) is 0 Å². The Balaban J connectivity index is 2.93. The van der Waals surface area contributed by atoms with E-state index in [2.05, 4.69) is 10.1 Å². The molecule has 0 fully saturated rings. The van der Waals surface area contributed by atoms with Gasteiger partial charge in [-0.25, -0.2) is 0 Å². The summed E-state index contributed by atoms with van der Waals surface area (Å²) in [4.78, 5) is 3.86.